The standard InChI is InChI=1S/C12H24N2OS/c1-9(2)11(16)12(15)14-7-5-10(6-8-14)13(3)4/h9-11,16H,5-8H2,1-4H3. The number of thiol groups is 1. The minimum atomic E-state index is -0.143. The third-order valence-electron chi connectivity index (χ3n) is 3.39. The Labute approximate surface area is 105 Å². The number of carbonyl (C=O) groups is 1. The molecule has 1 unspecified atom stereocenters. The molecule has 1 saturated heterocycles. The zero-order valence-electron chi connectivity index (χ0n) is 10.8. The van der Waals surface area contributed by atoms with Gasteiger partial charge in [-0.15, -0.1) is 0 Å². The quantitative estimate of drug-likeness (QED) is 0.761. The molecule has 1 aliphatic heterocycles. The summed E-state index contributed by atoms with van der Waals surface area (Å²) in [4.78, 5) is 16.3. The fraction of sp³-hybridized carbons (Fsp3) is 0.917. The molecular weight excluding hydrogens is 220 g/mol. The molecule has 0 aromatic carbocycles. The summed E-state index contributed by atoms with van der Waals surface area (Å²) in [5.74, 6) is 0.512. The van der Waals surface area contributed by atoms with Crippen LogP contribution in [0.3, 0.4) is 0 Å². The second kappa shape index (κ2) is 5.92. The van der Waals surface area contributed by atoms with Gasteiger partial charge in [-0.2, -0.15) is 12.6 Å². The fourth-order valence-electron chi connectivity index (χ4n) is 2.07. The van der Waals surface area contributed by atoms with Crippen molar-refractivity contribution in [2.24, 2.45) is 5.92 Å². The molecule has 4 heteroatoms. The predicted octanol–water partition coefficient (Wildman–Crippen LogP) is 1.49. The van der Waals surface area contributed by atoms with E-state index in [2.05, 4.69) is 31.6 Å². The van der Waals surface area contributed by atoms with E-state index in [0.29, 0.717) is 12.0 Å². The largest absolute Gasteiger partial charge is 0.342 e. The van der Waals surface area contributed by atoms with E-state index in [1.807, 2.05) is 18.7 Å². The van der Waals surface area contributed by atoms with Crippen molar-refractivity contribution in [3.05, 3.63) is 0 Å². The minimum absolute atomic E-state index is 0.143. The molecule has 1 atom stereocenters. The third kappa shape index (κ3) is 3.39. The summed E-state index contributed by atoms with van der Waals surface area (Å²) < 4.78 is 0. The molecule has 16 heavy (non-hydrogen) atoms. The van der Waals surface area contributed by atoms with Crippen molar-refractivity contribution in [3.63, 3.8) is 0 Å². The highest BCUT2D eigenvalue weighted by Crippen LogP contribution is 2.18. The Bertz CT molecular complexity index is 235. The number of rotatable bonds is 3. The van der Waals surface area contributed by atoms with Gasteiger partial charge < -0.3 is 9.80 Å². The van der Waals surface area contributed by atoms with Crippen LogP contribution in [-0.2, 0) is 4.79 Å². The number of hydrogen-bond donors (Lipinski definition) is 1. The van der Waals surface area contributed by atoms with Crippen molar-refractivity contribution in [1.82, 2.24) is 9.80 Å². The van der Waals surface area contributed by atoms with Gasteiger partial charge in [0, 0.05) is 19.1 Å². The van der Waals surface area contributed by atoms with Gasteiger partial charge in [0.25, 0.3) is 0 Å². The Hall–Kier alpha value is -0.220. The molecular formula is C12H24N2OS. The number of carbonyl (C=O) groups excluding carboxylic acids is 1. The van der Waals surface area contributed by atoms with Crippen LogP contribution in [-0.4, -0.2) is 54.2 Å². The smallest absolute Gasteiger partial charge is 0.235 e. The van der Waals surface area contributed by atoms with Gasteiger partial charge in [0.05, 0.1) is 5.25 Å². The summed E-state index contributed by atoms with van der Waals surface area (Å²) in [5, 5.41) is -0.143. The second-order valence-corrected chi connectivity index (χ2v) is 5.77. The van der Waals surface area contributed by atoms with Crippen LogP contribution in [0, 0.1) is 5.92 Å². The van der Waals surface area contributed by atoms with Crippen LogP contribution in [0.2, 0.25) is 0 Å². The van der Waals surface area contributed by atoms with E-state index in [1.54, 1.807) is 0 Å². The van der Waals surface area contributed by atoms with E-state index in [0.717, 1.165) is 25.9 Å². The van der Waals surface area contributed by atoms with Gasteiger partial charge in [0.1, 0.15) is 0 Å². The van der Waals surface area contributed by atoms with E-state index >= 15 is 0 Å². The first-order valence-corrected chi connectivity index (χ1v) is 6.58. The maximum atomic E-state index is 12.1. The van der Waals surface area contributed by atoms with E-state index in [9.17, 15) is 4.79 Å². The SMILES string of the molecule is CC(C)C(S)C(=O)N1CCC(N(C)C)CC1. The van der Waals surface area contributed by atoms with Crippen LogP contribution in [0.1, 0.15) is 26.7 Å². The van der Waals surface area contributed by atoms with Gasteiger partial charge >= 0.3 is 0 Å². The monoisotopic (exact) mass is 244 g/mol. The van der Waals surface area contributed by atoms with Crippen LogP contribution < -0.4 is 0 Å². The van der Waals surface area contributed by atoms with Crippen LogP contribution in [0.15, 0.2) is 0 Å². The third-order valence-corrected chi connectivity index (χ3v) is 4.21. The summed E-state index contributed by atoms with van der Waals surface area (Å²) >= 11 is 4.39. The lowest BCUT2D eigenvalue weighted by Gasteiger charge is -2.36. The highest BCUT2D eigenvalue weighted by atomic mass is 32.1. The number of likely N-dealkylation sites (tertiary alicyclic amines) is 1. The molecule has 1 fully saturated rings. The Kier molecular flexibility index (Phi) is 5.12. The first kappa shape index (κ1) is 13.8. The Morgan fingerprint density at radius 1 is 1.31 bits per heavy atom. The van der Waals surface area contributed by atoms with Gasteiger partial charge in [-0.05, 0) is 32.9 Å². The summed E-state index contributed by atoms with van der Waals surface area (Å²) in [6, 6.07) is 0.626. The summed E-state index contributed by atoms with van der Waals surface area (Å²) in [6.45, 7) is 5.85. The first-order chi connectivity index (χ1) is 7.43. The number of hydrogen-bond acceptors (Lipinski definition) is 3. The first-order valence-electron chi connectivity index (χ1n) is 6.06. The molecule has 0 bridgehead atoms. The zero-order chi connectivity index (χ0) is 12.3. The van der Waals surface area contributed by atoms with Crippen molar-refractivity contribution in [3.8, 4) is 0 Å². The van der Waals surface area contributed by atoms with E-state index in [4.69, 9.17) is 0 Å². The number of piperidine rings is 1. The van der Waals surface area contributed by atoms with Crippen LogP contribution in [0.25, 0.3) is 0 Å². The fourth-order valence-corrected chi connectivity index (χ4v) is 2.24. The van der Waals surface area contributed by atoms with E-state index in [-0.39, 0.29) is 11.2 Å². The molecule has 0 radical (unpaired) electrons. The van der Waals surface area contributed by atoms with E-state index in [1.165, 1.54) is 0 Å². The molecule has 0 aliphatic carbocycles. The van der Waals surface area contributed by atoms with Crippen molar-refractivity contribution >= 4 is 18.5 Å². The van der Waals surface area contributed by atoms with Crippen LogP contribution >= 0.6 is 12.6 Å². The molecule has 94 valence electrons. The molecule has 0 saturated carbocycles. The maximum Gasteiger partial charge on any atom is 0.235 e. The van der Waals surface area contributed by atoms with Crippen molar-refractivity contribution < 1.29 is 4.79 Å². The lowest BCUT2D eigenvalue weighted by atomic mass is 10.0. The molecule has 1 rings (SSSR count). The normalized spacial score (nSPS) is 20.6. The average Bonchev–Trinajstić information content (AvgIpc) is 2.27. The summed E-state index contributed by atoms with van der Waals surface area (Å²) in [6.07, 6.45) is 2.16. The topological polar surface area (TPSA) is 23.6 Å². The van der Waals surface area contributed by atoms with Gasteiger partial charge in [-0.25, -0.2) is 0 Å². The van der Waals surface area contributed by atoms with E-state index < -0.39 is 0 Å². The van der Waals surface area contributed by atoms with Gasteiger partial charge in [0.15, 0.2) is 0 Å². The highest BCUT2D eigenvalue weighted by Gasteiger charge is 2.28. The Balaban J connectivity index is 2.45. The lowest BCUT2D eigenvalue weighted by molar-refractivity contribution is -0.132. The van der Waals surface area contributed by atoms with Crippen molar-refractivity contribution in [1.29, 1.82) is 0 Å². The van der Waals surface area contributed by atoms with Crippen LogP contribution in [0.4, 0.5) is 0 Å². The number of nitrogens with zero attached hydrogens (tertiary/aromatic N) is 2. The predicted molar refractivity (Wildman–Crippen MR) is 70.9 cm³/mol. The Morgan fingerprint density at radius 3 is 2.19 bits per heavy atom. The summed E-state index contributed by atoms with van der Waals surface area (Å²) in [7, 11) is 4.22. The minimum Gasteiger partial charge on any atom is -0.342 e. The molecule has 0 spiro atoms. The second-order valence-electron chi connectivity index (χ2n) is 5.21. The molecule has 3 nitrogen and oxygen atoms in total. The van der Waals surface area contributed by atoms with Gasteiger partial charge in [0.2, 0.25) is 5.91 Å². The zero-order valence-corrected chi connectivity index (χ0v) is 11.7. The van der Waals surface area contributed by atoms with Crippen molar-refractivity contribution in [2.45, 2.75) is 38.0 Å². The highest BCUT2D eigenvalue weighted by molar-refractivity contribution is 7.81. The Morgan fingerprint density at radius 2 is 1.81 bits per heavy atom. The molecule has 1 heterocycles. The van der Waals surface area contributed by atoms with Gasteiger partial charge in [-0.3, -0.25) is 4.79 Å². The van der Waals surface area contributed by atoms with Crippen LogP contribution in [0.5, 0.6) is 0 Å². The lowest BCUT2D eigenvalue weighted by Crippen LogP contribution is -2.47. The van der Waals surface area contributed by atoms with Crippen molar-refractivity contribution in [2.75, 3.05) is 27.2 Å². The maximum absolute atomic E-state index is 12.1. The average molecular weight is 244 g/mol. The number of amides is 1. The summed E-state index contributed by atoms with van der Waals surface area (Å²) in [5.41, 5.74) is 0. The molecule has 1 amide bonds. The molecule has 0 aromatic rings. The molecule has 0 aromatic heterocycles. The molecule has 0 N–H and O–H groups in total. The van der Waals surface area contributed by atoms with Gasteiger partial charge in [-0.1, -0.05) is 13.8 Å². The molecule has 1 aliphatic rings.